The van der Waals surface area contributed by atoms with E-state index < -0.39 is 23.8 Å². The first kappa shape index (κ1) is 30.6. The number of nitrogens with one attached hydrogen (secondary N) is 2. The number of benzene rings is 1. The molecule has 0 saturated heterocycles. The Kier molecular flexibility index (Phi) is 9.11. The SMILES string of the molecule is CC1(C)CCCc2c(NCc3cc(Br)c(F)cc3F)nc(NCc3nnc4n3CCOC4)nc21.O=C(O)C(F)(F)F. The van der Waals surface area contributed by atoms with Crippen molar-refractivity contribution in [2.75, 3.05) is 17.2 Å². The standard InChI is InChI=1S/C23H26BrF2N7O.C2HF3O2/c1-23(2)5-3-4-14-20(23)29-22(28-11-18-31-32-19-12-34-7-6-33(18)19)30-21(14)27-10-13-8-15(24)17(26)9-16(13)25;3-2(4,5)1(6)7/h8-9H,3-7,10-12H2,1-2H3,(H2,27,28,29,30);(H,6,7). The van der Waals surface area contributed by atoms with Crippen LogP contribution in [-0.4, -0.2) is 48.6 Å². The molecule has 3 heterocycles. The number of aliphatic carboxylic acids is 1. The topological polar surface area (TPSA) is 127 Å². The molecule has 0 saturated carbocycles. The Morgan fingerprint density at radius 1 is 1.15 bits per heavy atom. The highest BCUT2D eigenvalue weighted by molar-refractivity contribution is 9.10. The fraction of sp³-hybridized carbons (Fsp3) is 0.480. The summed E-state index contributed by atoms with van der Waals surface area (Å²) in [5.41, 5.74) is 2.26. The Labute approximate surface area is 239 Å². The minimum absolute atomic E-state index is 0.112. The van der Waals surface area contributed by atoms with Gasteiger partial charge in [0.15, 0.2) is 11.6 Å². The number of carbonyl (C=O) groups is 1. The zero-order valence-electron chi connectivity index (χ0n) is 22.1. The van der Waals surface area contributed by atoms with Gasteiger partial charge in [0.05, 0.1) is 23.3 Å². The zero-order valence-corrected chi connectivity index (χ0v) is 23.7. The van der Waals surface area contributed by atoms with E-state index in [1.165, 1.54) is 6.07 Å². The number of rotatable bonds is 6. The van der Waals surface area contributed by atoms with Crippen molar-refractivity contribution in [2.24, 2.45) is 0 Å². The summed E-state index contributed by atoms with van der Waals surface area (Å²) in [7, 11) is 0. The van der Waals surface area contributed by atoms with Gasteiger partial charge in [-0.15, -0.1) is 10.2 Å². The Hall–Kier alpha value is -3.40. The number of carboxylic acids is 1. The highest BCUT2D eigenvalue weighted by Gasteiger charge is 2.38. The first-order valence-corrected chi connectivity index (χ1v) is 13.4. The lowest BCUT2D eigenvalue weighted by molar-refractivity contribution is -0.192. The Bertz CT molecular complexity index is 1430. The van der Waals surface area contributed by atoms with Gasteiger partial charge in [-0.05, 0) is 41.3 Å². The maximum absolute atomic E-state index is 14.3. The molecule has 0 radical (unpaired) electrons. The molecule has 3 aromatic rings. The molecule has 41 heavy (non-hydrogen) atoms. The lowest BCUT2D eigenvalue weighted by Gasteiger charge is -2.32. The quantitative estimate of drug-likeness (QED) is 0.247. The number of anilines is 2. The van der Waals surface area contributed by atoms with Gasteiger partial charge < -0.3 is 25.0 Å². The number of aromatic nitrogens is 5. The first-order valence-electron chi connectivity index (χ1n) is 12.6. The molecule has 0 bridgehead atoms. The lowest BCUT2D eigenvalue weighted by Crippen LogP contribution is -2.28. The Morgan fingerprint density at radius 2 is 1.88 bits per heavy atom. The summed E-state index contributed by atoms with van der Waals surface area (Å²) in [6, 6.07) is 2.34. The molecule has 16 heteroatoms. The van der Waals surface area contributed by atoms with Crippen LogP contribution < -0.4 is 10.6 Å². The molecule has 0 spiro atoms. The molecule has 2 aliphatic rings. The number of nitrogens with zero attached hydrogens (tertiary/aromatic N) is 5. The van der Waals surface area contributed by atoms with E-state index in [1.54, 1.807) is 0 Å². The van der Waals surface area contributed by atoms with Gasteiger partial charge >= 0.3 is 12.1 Å². The molecule has 0 unspecified atom stereocenters. The van der Waals surface area contributed by atoms with E-state index >= 15 is 0 Å². The monoisotopic (exact) mass is 647 g/mol. The van der Waals surface area contributed by atoms with Crippen molar-refractivity contribution < 1.29 is 36.6 Å². The van der Waals surface area contributed by atoms with Crippen LogP contribution in [0.1, 0.15) is 55.2 Å². The molecular formula is C25H27BrF5N7O3. The summed E-state index contributed by atoms with van der Waals surface area (Å²) < 4.78 is 67.4. The Morgan fingerprint density at radius 3 is 2.59 bits per heavy atom. The smallest absolute Gasteiger partial charge is 0.475 e. The summed E-state index contributed by atoms with van der Waals surface area (Å²) in [4.78, 5) is 18.5. The average molecular weight is 648 g/mol. The van der Waals surface area contributed by atoms with Crippen molar-refractivity contribution in [3.8, 4) is 0 Å². The number of hydrogen-bond donors (Lipinski definition) is 3. The van der Waals surface area contributed by atoms with Gasteiger partial charge in [-0.2, -0.15) is 18.2 Å². The van der Waals surface area contributed by atoms with Gasteiger partial charge in [-0.1, -0.05) is 13.8 Å². The summed E-state index contributed by atoms with van der Waals surface area (Å²) in [5.74, 6) is -1.24. The second-order valence-corrected chi connectivity index (χ2v) is 10.9. The predicted molar refractivity (Wildman–Crippen MR) is 140 cm³/mol. The van der Waals surface area contributed by atoms with Crippen molar-refractivity contribution in [1.29, 1.82) is 0 Å². The van der Waals surface area contributed by atoms with Gasteiger partial charge in [-0.3, -0.25) is 0 Å². The molecule has 5 rings (SSSR count). The van der Waals surface area contributed by atoms with Crippen LogP contribution in [0.3, 0.4) is 0 Å². The number of halogens is 6. The zero-order chi connectivity index (χ0) is 29.9. The van der Waals surface area contributed by atoms with Gasteiger partial charge in [0.2, 0.25) is 5.95 Å². The molecule has 1 aliphatic heterocycles. The predicted octanol–water partition coefficient (Wildman–Crippen LogP) is 5.11. The Balaban J connectivity index is 0.000000493. The molecule has 222 valence electrons. The van der Waals surface area contributed by atoms with Crippen LogP contribution in [0.2, 0.25) is 0 Å². The van der Waals surface area contributed by atoms with E-state index in [1.807, 2.05) is 4.57 Å². The lowest BCUT2D eigenvalue weighted by atomic mass is 9.76. The third-order valence-electron chi connectivity index (χ3n) is 6.65. The molecule has 1 aliphatic carbocycles. The van der Waals surface area contributed by atoms with E-state index in [2.05, 4.69) is 50.6 Å². The summed E-state index contributed by atoms with van der Waals surface area (Å²) in [5, 5.41) is 22.2. The van der Waals surface area contributed by atoms with Gasteiger partial charge in [0.1, 0.15) is 24.1 Å². The minimum atomic E-state index is -5.08. The normalized spacial score (nSPS) is 15.7. The van der Waals surface area contributed by atoms with Crippen LogP contribution in [0, 0.1) is 11.6 Å². The molecule has 3 N–H and O–H groups in total. The minimum Gasteiger partial charge on any atom is -0.475 e. The van der Waals surface area contributed by atoms with E-state index in [0.717, 1.165) is 48.2 Å². The van der Waals surface area contributed by atoms with Crippen LogP contribution in [0.15, 0.2) is 16.6 Å². The van der Waals surface area contributed by atoms with Crippen LogP contribution >= 0.6 is 15.9 Å². The molecule has 1 aromatic carbocycles. The summed E-state index contributed by atoms with van der Waals surface area (Å²) in [6.45, 7) is 6.75. The highest BCUT2D eigenvalue weighted by atomic mass is 79.9. The second kappa shape index (κ2) is 12.2. The van der Waals surface area contributed by atoms with E-state index in [9.17, 15) is 22.0 Å². The van der Waals surface area contributed by atoms with Crippen LogP contribution in [-0.2, 0) is 47.6 Å². The van der Waals surface area contributed by atoms with Gasteiger partial charge in [0.25, 0.3) is 0 Å². The van der Waals surface area contributed by atoms with Gasteiger partial charge in [-0.25, -0.2) is 18.6 Å². The average Bonchev–Trinajstić information content (AvgIpc) is 3.32. The third kappa shape index (κ3) is 7.28. The number of hydrogen-bond acceptors (Lipinski definition) is 8. The second-order valence-electron chi connectivity index (χ2n) is 10.1. The van der Waals surface area contributed by atoms with E-state index in [0.29, 0.717) is 43.6 Å². The molecule has 10 nitrogen and oxygen atoms in total. The molecule has 0 fully saturated rings. The van der Waals surface area contributed by atoms with Crippen molar-refractivity contribution >= 4 is 33.7 Å². The third-order valence-corrected chi connectivity index (χ3v) is 7.26. The molecule has 2 aromatic heterocycles. The molecule has 0 atom stereocenters. The number of ether oxygens (including phenoxy) is 1. The van der Waals surface area contributed by atoms with Crippen LogP contribution in [0.25, 0.3) is 0 Å². The van der Waals surface area contributed by atoms with E-state index in [4.69, 9.17) is 24.6 Å². The number of fused-ring (bicyclic) bond motifs is 2. The highest BCUT2D eigenvalue weighted by Crippen LogP contribution is 2.39. The maximum Gasteiger partial charge on any atom is 0.490 e. The fourth-order valence-electron chi connectivity index (χ4n) is 4.55. The molecular weight excluding hydrogens is 621 g/mol. The first-order chi connectivity index (χ1) is 19.3. The number of alkyl halides is 3. The van der Waals surface area contributed by atoms with Crippen molar-refractivity contribution in [3.05, 3.63) is 56.7 Å². The van der Waals surface area contributed by atoms with Crippen LogP contribution in [0.5, 0.6) is 0 Å². The number of carboxylic acid groups (broad SMARTS) is 1. The van der Waals surface area contributed by atoms with E-state index in [-0.39, 0.29) is 16.4 Å². The van der Waals surface area contributed by atoms with Crippen molar-refractivity contribution in [2.45, 2.75) is 70.9 Å². The maximum atomic E-state index is 14.3. The van der Waals surface area contributed by atoms with Gasteiger partial charge in [0, 0.05) is 35.7 Å². The largest absolute Gasteiger partial charge is 0.490 e. The molecule has 0 amide bonds. The summed E-state index contributed by atoms with van der Waals surface area (Å²) in [6.07, 6.45) is -2.20. The van der Waals surface area contributed by atoms with Crippen LogP contribution in [0.4, 0.5) is 33.7 Å². The summed E-state index contributed by atoms with van der Waals surface area (Å²) >= 11 is 3.13. The fourth-order valence-corrected chi connectivity index (χ4v) is 4.95. The van der Waals surface area contributed by atoms with Crippen molar-refractivity contribution in [3.63, 3.8) is 0 Å². The van der Waals surface area contributed by atoms with Crippen molar-refractivity contribution in [1.82, 2.24) is 24.7 Å².